The highest BCUT2D eigenvalue weighted by Crippen LogP contribution is 2.11. The Labute approximate surface area is 101 Å². The second-order valence-electron chi connectivity index (χ2n) is 4.16. The summed E-state index contributed by atoms with van der Waals surface area (Å²) in [6.45, 7) is 4.19. The first-order chi connectivity index (χ1) is 7.56. The van der Waals surface area contributed by atoms with E-state index >= 15 is 0 Å². The summed E-state index contributed by atoms with van der Waals surface area (Å²) in [5.74, 6) is 1.38. The molecule has 1 aromatic heterocycles. The molecule has 0 aliphatic carbocycles. The Kier molecular flexibility index (Phi) is 4.80. The quantitative estimate of drug-likeness (QED) is 0.803. The molecule has 0 saturated heterocycles. The number of rotatable bonds is 5. The van der Waals surface area contributed by atoms with Gasteiger partial charge in [0.05, 0.1) is 0 Å². The number of nitrogens with zero attached hydrogens (tertiary/aromatic N) is 2. The van der Waals surface area contributed by atoms with E-state index in [9.17, 15) is 4.79 Å². The van der Waals surface area contributed by atoms with E-state index in [-0.39, 0.29) is 11.6 Å². The Bertz CT molecular complexity index is 389. The van der Waals surface area contributed by atoms with Crippen LogP contribution >= 0.6 is 11.6 Å². The second-order valence-corrected chi connectivity index (χ2v) is 4.54. The first kappa shape index (κ1) is 13.0. The molecule has 0 radical (unpaired) electrons. The molecule has 1 heterocycles. The molecule has 1 rings (SSSR count). The molecule has 5 heteroatoms. The van der Waals surface area contributed by atoms with Gasteiger partial charge in [-0.15, -0.1) is 11.6 Å². The number of hydrogen-bond donors (Lipinski definition) is 1. The highest BCUT2D eigenvalue weighted by atomic mass is 35.5. The largest absolute Gasteiger partial charge is 0.362 e. The van der Waals surface area contributed by atoms with E-state index < -0.39 is 0 Å². The predicted molar refractivity (Wildman–Crippen MR) is 67.1 cm³/mol. The van der Waals surface area contributed by atoms with Crippen molar-refractivity contribution in [3.8, 4) is 0 Å². The van der Waals surface area contributed by atoms with E-state index in [1.807, 2.05) is 0 Å². The Morgan fingerprint density at radius 2 is 2.25 bits per heavy atom. The van der Waals surface area contributed by atoms with E-state index in [4.69, 9.17) is 11.6 Å². The lowest BCUT2D eigenvalue weighted by Gasteiger charge is -2.21. The van der Waals surface area contributed by atoms with Crippen molar-refractivity contribution in [2.45, 2.75) is 26.3 Å². The number of aryl methyl sites for hydroxylation is 1. The van der Waals surface area contributed by atoms with Crippen LogP contribution in [0.3, 0.4) is 0 Å². The first-order valence-electron chi connectivity index (χ1n) is 5.40. The summed E-state index contributed by atoms with van der Waals surface area (Å²) >= 11 is 5.73. The van der Waals surface area contributed by atoms with Crippen molar-refractivity contribution >= 4 is 17.4 Å². The van der Waals surface area contributed by atoms with E-state index in [0.717, 1.165) is 6.42 Å². The first-order valence-corrected chi connectivity index (χ1v) is 5.94. The van der Waals surface area contributed by atoms with Crippen molar-refractivity contribution in [1.82, 2.24) is 9.55 Å². The van der Waals surface area contributed by atoms with Crippen LogP contribution in [0.15, 0.2) is 17.2 Å². The SMILES string of the molecule is CC(C)C(CCCl)Nc1nccn(C)c1=O. The molecule has 0 spiro atoms. The van der Waals surface area contributed by atoms with E-state index in [0.29, 0.717) is 17.6 Å². The van der Waals surface area contributed by atoms with Gasteiger partial charge in [-0.3, -0.25) is 4.79 Å². The third-order valence-corrected chi connectivity index (χ3v) is 2.78. The fourth-order valence-electron chi connectivity index (χ4n) is 1.46. The summed E-state index contributed by atoms with van der Waals surface area (Å²) in [5, 5.41) is 3.16. The summed E-state index contributed by atoms with van der Waals surface area (Å²) in [6, 6.07) is 0.181. The van der Waals surface area contributed by atoms with Gasteiger partial charge in [0.15, 0.2) is 5.82 Å². The van der Waals surface area contributed by atoms with Crippen LogP contribution < -0.4 is 10.9 Å². The van der Waals surface area contributed by atoms with Gasteiger partial charge in [-0.2, -0.15) is 0 Å². The van der Waals surface area contributed by atoms with Crippen LogP contribution in [-0.4, -0.2) is 21.5 Å². The third-order valence-electron chi connectivity index (χ3n) is 2.56. The Morgan fingerprint density at radius 3 is 2.81 bits per heavy atom. The standard InChI is InChI=1S/C11H18ClN3O/c1-8(2)9(4-5-12)14-10-11(16)15(3)7-6-13-10/h6-9H,4-5H2,1-3H3,(H,13,14). The molecule has 90 valence electrons. The maximum Gasteiger partial charge on any atom is 0.293 e. The number of anilines is 1. The molecular formula is C11H18ClN3O. The number of aromatic nitrogens is 2. The van der Waals surface area contributed by atoms with Crippen molar-refractivity contribution in [3.63, 3.8) is 0 Å². The molecule has 0 bridgehead atoms. The maximum absolute atomic E-state index is 11.7. The van der Waals surface area contributed by atoms with E-state index in [2.05, 4.69) is 24.1 Å². The molecule has 1 aromatic rings. The molecule has 0 aromatic carbocycles. The molecule has 0 fully saturated rings. The monoisotopic (exact) mass is 243 g/mol. The van der Waals surface area contributed by atoms with Gasteiger partial charge in [0, 0.05) is 31.4 Å². The summed E-state index contributed by atoms with van der Waals surface area (Å²) < 4.78 is 1.51. The minimum atomic E-state index is -0.109. The van der Waals surface area contributed by atoms with Crippen LogP contribution in [0.5, 0.6) is 0 Å². The van der Waals surface area contributed by atoms with Crippen molar-refractivity contribution in [1.29, 1.82) is 0 Å². The van der Waals surface area contributed by atoms with Crippen molar-refractivity contribution < 1.29 is 0 Å². The fraction of sp³-hybridized carbons (Fsp3) is 0.636. The zero-order chi connectivity index (χ0) is 12.1. The molecule has 1 unspecified atom stereocenters. The molecule has 1 atom stereocenters. The van der Waals surface area contributed by atoms with Crippen molar-refractivity contribution in [3.05, 3.63) is 22.7 Å². The topological polar surface area (TPSA) is 46.9 Å². The van der Waals surface area contributed by atoms with Crippen LogP contribution in [0.25, 0.3) is 0 Å². The lowest BCUT2D eigenvalue weighted by molar-refractivity contribution is 0.510. The van der Waals surface area contributed by atoms with Gasteiger partial charge >= 0.3 is 0 Å². The molecule has 0 aliphatic rings. The van der Waals surface area contributed by atoms with E-state index in [1.54, 1.807) is 19.4 Å². The maximum atomic E-state index is 11.7. The second kappa shape index (κ2) is 5.89. The van der Waals surface area contributed by atoms with Crippen molar-refractivity contribution in [2.75, 3.05) is 11.2 Å². The van der Waals surface area contributed by atoms with Crippen molar-refractivity contribution in [2.24, 2.45) is 13.0 Å². The Balaban J connectivity index is 2.85. The van der Waals surface area contributed by atoms with Gasteiger partial charge in [-0.25, -0.2) is 4.98 Å². The minimum absolute atomic E-state index is 0.109. The van der Waals surface area contributed by atoms with Crippen LogP contribution in [0.2, 0.25) is 0 Å². The lowest BCUT2D eigenvalue weighted by atomic mass is 10.0. The van der Waals surface area contributed by atoms with Gasteiger partial charge in [-0.1, -0.05) is 13.8 Å². The van der Waals surface area contributed by atoms with Gasteiger partial charge < -0.3 is 9.88 Å². The summed E-state index contributed by atoms with van der Waals surface area (Å²) in [6.07, 6.45) is 4.07. The predicted octanol–water partition coefficient (Wildman–Crippen LogP) is 1.85. The number of hydrogen-bond acceptors (Lipinski definition) is 3. The Hall–Kier alpha value is -1.03. The van der Waals surface area contributed by atoms with Gasteiger partial charge in [-0.05, 0) is 12.3 Å². The Morgan fingerprint density at radius 1 is 1.56 bits per heavy atom. The molecule has 0 amide bonds. The van der Waals surface area contributed by atoms with Crippen LogP contribution in [-0.2, 0) is 7.05 Å². The van der Waals surface area contributed by atoms with Crippen LogP contribution in [0.1, 0.15) is 20.3 Å². The van der Waals surface area contributed by atoms with Crippen LogP contribution in [0.4, 0.5) is 5.82 Å². The zero-order valence-corrected chi connectivity index (χ0v) is 10.7. The van der Waals surface area contributed by atoms with Gasteiger partial charge in [0.25, 0.3) is 5.56 Å². The summed E-state index contributed by atoms with van der Waals surface area (Å²) in [7, 11) is 1.71. The molecule has 0 aliphatic heterocycles. The average Bonchev–Trinajstić information content (AvgIpc) is 2.23. The summed E-state index contributed by atoms with van der Waals surface area (Å²) in [4.78, 5) is 15.8. The lowest BCUT2D eigenvalue weighted by Crippen LogP contribution is -2.31. The molecular weight excluding hydrogens is 226 g/mol. The van der Waals surface area contributed by atoms with Gasteiger partial charge in [0.1, 0.15) is 0 Å². The molecule has 4 nitrogen and oxygen atoms in total. The molecule has 16 heavy (non-hydrogen) atoms. The fourth-order valence-corrected chi connectivity index (χ4v) is 1.70. The average molecular weight is 244 g/mol. The highest BCUT2D eigenvalue weighted by Gasteiger charge is 2.14. The number of halogens is 1. The zero-order valence-electron chi connectivity index (χ0n) is 9.90. The van der Waals surface area contributed by atoms with Crippen LogP contribution in [0, 0.1) is 5.92 Å². The van der Waals surface area contributed by atoms with E-state index in [1.165, 1.54) is 4.57 Å². The number of alkyl halides is 1. The third kappa shape index (κ3) is 3.23. The van der Waals surface area contributed by atoms with Gasteiger partial charge in [0.2, 0.25) is 0 Å². The molecule has 1 N–H and O–H groups in total. The normalized spacial score (nSPS) is 12.8. The number of nitrogens with one attached hydrogen (secondary N) is 1. The minimum Gasteiger partial charge on any atom is -0.362 e. The highest BCUT2D eigenvalue weighted by molar-refractivity contribution is 6.17. The smallest absolute Gasteiger partial charge is 0.293 e. The molecule has 0 saturated carbocycles. The summed E-state index contributed by atoms with van der Waals surface area (Å²) in [5.41, 5.74) is -0.109.